The van der Waals surface area contributed by atoms with E-state index in [-0.39, 0.29) is 11.2 Å². The van der Waals surface area contributed by atoms with Gasteiger partial charge in [-0.1, -0.05) is 68.4 Å². The van der Waals surface area contributed by atoms with E-state index >= 15 is 0 Å². The number of benzene rings is 3. The van der Waals surface area contributed by atoms with E-state index in [1.165, 1.54) is 17.7 Å². The molecule has 0 bridgehead atoms. The minimum absolute atomic E-state index is 0.0780. The minimum Gasteiger partial charge on any atom is -0.489 e. The number of hydrogen-bond acceptors (Lipinski definition) is 5. The number of nitrogens with one attached hydrogen (secondary N) is 1. The van der Waals surface area contributed by atoms with Gasteiger partial charge in [-0.05, 0) is 63.9 Å². The van der Waals surface area contributed by atoms with E-state index < -0.39 is 6.36 Å². The average molecular weight is 497 g/mol. The molecule has 0 spiro atoms. The molecular weight excluding hydrogens is 469 g/mol. The number of ether oxygens (including phenoxy) is 2. The molecule has 0 saturated heterocycles. The number of alkyl halides is 3. The Labute approximate surface area is 207 Å². The summed E-state index contributed by atoms with van der Waals surface area (Å²) < 4.78 is 47.6. The fraction of sp³-hybridized carbons (Fsp3) is 0.296. The van der Waals surface area contributed by atoms with Crippen molar-refractivity contribution < 1.29 is 22.6 Å². The van der Waals surface area contributed by atoms with Crippen LogP contribution in [-0.4, -0.2) is 27.0 Å². The van der Waals surface area contributed by atoms with Gasteiger partial charge in [-0.25, -0.2) is 0 Å². The van der Waals surface area contributed by atoms with Crippen molar-refractivity contribution in [3.05, 3.63) is 89.2 Å². The topological polar surface area (TPSA) is 72.9 Å². The Morgan fingerprint density at radius 3 is 2.14 bits per heavy atom. The van der Waals surface area contributed by atoms with Crippen LogP contribution in [0.1, 0.15) is 43.3 Å². The maximum Gasteiger partial charge on any atom is 0.573 e. The van der Waals surface area contributed by atoms with Gasteiger partial charge in [0.05, 0.1) is 0 Å². The third-order valence-corrected chi connectivity index (χ3v) is 5.70. The van der Waals surface area contributed by atoms with Gasteiger partial charge >= 0.3 is 6.36 Å². The van der Waals surface area contributed by atoms with Crippen LogP contribution >= 0.6 is 0 Å². The first-order valence-electron chi connectivity index (χ1n) is 11.5. The maximum atomic E-state index is 12.5. The smallest absolute Gasteiger partial charge is 0.489 e. The summed E-state index contributed by atoms with van der Waals surface area (Å²) in [5.41, 5.74) is 4.92. The molecule has 3 aromatic carbocycles. The minimum atomic E-state index is -4.73. The Balaban J connectivity index is 1.53. The van der Waals surface area contributed by atoms with Crippen LogP contribution in [0, 0.1) is 0 Å². The van der Waals surface area contributed by atoms with Gasteiger partial charge in [-0.3, -0.25) is 0 Å². The summed E-state index contributed by atoms with van der Waals surface area (Å²) in [6.07, 6.45) is -3.58. The van der Waals surface area contributed by atoms with Crippen LogP contribution in [-0.2, 0) is 24.9 Å². The van der Waals surface area contributed by atoms with Crippen LogP contribution in [0.15, 0.2) is 66.7 Å². The van der Waals surface area contributed by atoms with Crippen molar-refractivity contribution in [1.82, 2.24) is 20.6 Å². The summed E-state index contributed by atoms with van der Waals surface area (Å²) in [5, 5.41) is 14.1. The number of aromatic amines is 1. The standard InChI is InChI=1S/C27H27F3N4O2/c1-26(2,3)22-10-4-18(5-11-22)17-35-24-14-8-20(16-21(24)9-15-25-31-33-34-32-25)19-6-12-23(13-7-19)36-27(28,29)30/h4-8,10-14,16H,9,15,17H2,1-3H3,(H,31,32,33,34). The third kappa shape index (κ3) is 6.84. The molecular formula is C27H27F3N4O2. The summed E-state index contributed by atoms with van der Waals surface area (Å²) in [6, 6.07) is 19.9. The van der Waals surface area contributed by atoms with E-state index in [0.29, 0.717) is 25.3 Å². The van der Waals surface area contributed by atoms with Gasteiger partial charge in [-0.15, -0.1) is 23.4 Å². The van der Waals surface area contributed by atoms with Gasteiger partial charge in [-0.2, -0.15) is 5.21 Å². The molecule has 1 N–H and O–H groups in total. The van der Waals surface area contributed by atoms with E-state index in [4.69, 9.17) is 4.74 Å². The molecule has 36 heavy (non-hydrogen) atoms. The normalized spacial score (nSPS) is 11.9. The molecule has 0 saturated carbocycles. The molecule has 0 unspecified atom stereocenters. The van der Waals surface area contributed by atoms with Crippen molar-refractivity contribution in [2.45, 2.75) is 52.0 Å². The van der Waals surface area contributed by atoms with Gasteiger partial charge in [0, 0.05) is 6.42 Å². The van der Waals surface area contributed by atoms with Crippen LogP contribution in [0.3, 0.4) is 0 Å². The van der Waals surface area contributed by atoms with Gasteiger partial charge < -0.3 is 9.47 Å². The molecule has 1 heterocycles. The van der Waals surface area contributed by atoms with Crippen molar-refractivity contribution in [2.24, 2.45) is 0 Å². The zero-order valence-corrected chi connectivity index (χ0v) is 20.3. The molecule has 0 fully saturated rings. The molecule has 0 aliphatic heterocycles. The number of aromatic nitrogens is 4. The van der Waals surface area contributed by atoms with Crippen LogP contribution in [0.5, 0.6) is 11.5 Å². The van der Waals surface area contributed by atoms with Crippen molar-refractivity contribution in [3.63, 3.8) is 0 Å². The fourth-order valence-electron chi connectivity index (χ4n) is 3.74. The predicted octanol–water partition coefficient (Wildman–Crippen LogP) is 6.43. The van der Waals surface area contributed by atoms with Gasteiger partial charge in [0.1, 0.15) is 18.1 Å². The Kier molecular flexibility index (Phi) is 7.28. The Hall–Kier alpha value is -3.88. The molecule has 4 aromatic rings. The highest BCUT2D eigenvalue weighted by molar-refractivity contribution is 5.66. The zero-order chi connectivity index (χ0) is 25.8. The maximum absolute atomic E-state index is 12.5. The number of aryl methyl sites for hydroxylation is 2. The third-order valence-electron chi connectivity index (χ3n) is 5.70. The molecule has 0 radical (unpaired) electrons. The highest BCUT2D eigenvalue weighted by Crippen LogP contribution is 2.31. The molecule has 0 aliphatic carbocycles. The molecule has 1 aromatic heterocycles. The summed E-state index contributed by atoms with van der Waals surface area (Å²) in [6.45, 7) is 6.93. The second-order valence-electron chi connectivity index (χ2n) is 9.46. The SMILES string of the molecule is CC(C)(C)c1ccc(COc2ccc(-c3ccc(OC(F)(F)F)cc3)cc2CCc2nn[nH]n2)cc1. The molecule has 188 valence electrons. The van der Waals surface area contributed by atoms with E-state index in [9.17, 15) is 13.2 Å². The largest absolute Gasteiger partial charge is 0.573 e. The van der Waals surface area contributed by atoms with Crippen molar-refractivity contribution >= 4 is 0 Å². The summed E-state index contributed by atoms with van der Waals surface area (Å²) in [7, 11) is 0. The number of H-pyrrole nitrogens is 1. The lowest BCUT2D eigenvalue weighted by molar-refractivity contribution is -0.274. The van der Waals surface area contributed by atoms with Gasteiger partial charge in [0.2, 0.25) is 0 Å². The average Bonchev–Trinajstić information content (AvgIpc) is 3.35. The van der Waals surface area contributed by atoms with Crippen LogP contribution in [0.2, 0.25) is 0 Å². The van der Waals surface area contributed by atoms with E-state index in [1.807, 2.05) is 18.2 Å². The predicted molar refractivity (Wildman–Crippen MR) is 130 cm³/mol. The Bertz CT molecular complexity index is 1260. The summed E-state index contributed by atoms with van der Waals surface area (Å²) >= 11 is 0. The fourth-order valence-corrected chi connectivity index (χ4v) is 3.74. The zero-order valence-electron chi connectivity index (χ0n) is 20.3. The van der Waals surface area contributed by atoms with Gasteiger partial charge in [0.15, 0.2) is 5.82 Å². The molecule has 0 atom stereocenters. The van der Waals surface area contributed by atoms with E-state index in [0.717, 1.165) is 28.0 Å². The Morgan fingerprint density at radius 2 is 1.53 bits per heavy atom. The lowest BCUT2D eigenvalue weighted by Gasteiger charge is -2.19. The van der Waals surface area contributed by atoms with E-state index in [1.54, 1.807) is 12.1 Å². The molecule has 0 amide bonds. The second-order valence-corrected chi connectivity index (χ2v) is 9.46. The first-order valence-corrected chi connectivity index (χ1v) is 11.5. The number of hydrogen-bond donors (Lipinski definition) is 1. The molecule has 0 aliphatic rings. The first kappa shape index (κ1) is 25.2. The lowest BCUT2D eigenvalue weighted by atomic mass is 9.87. The lowest BCUT2D eigenvalue weighted by Crippen LogP contribution is -2.16. The van der Waals surface area contributed by atoms with Crippen LogP contribution in [0.25, 0.3) is 11.1 Å². The second kappa shape index (κ2) is 10.4. The van der Waals surface area contributed by atoms with E-state index in [2.05, 4.69) is 70.4 Å². The van der Waals surface area contributed by atoms with Crippen LogP contribution < -0.4 is 9.47 Å². The number of rotatable bonds is 8. The number of halogens is 3. The number of nitrogens with zero attached hydrogens (tertiary/aromatic N) is 3. The monoisotopic (exact) mass is 496 g/mol. The van der Waals surface area contributed by atoms with Crippen molar-refractivity contribution in [1.29, 1.82) is 0 Å². The summed E-state index contributed by atoms with van der Waals surface area (Å²) in [4.78, 5) is 0. The summed E-state index contributed by atoms with van der Waals surface area (Å²) in [5.74, 6) is 1.04. The first-order chi connectivity index (χ1) is 17.1. The quantitative estimate of drug-likeness (QED) is 0.304. The molecule has 9 heteroatoms. The molecule has 6 nitrogen and oxygen atoms in total. The highest BCUT2D eigenvalue weighted by Gasteiger charge is 2.31. The number of tetrazole rings is 1. The Morgan fingerprint density at radius 1 is 0.833 bits per heavy atom. The van der Waals surface area contributed by atoms with Crippen molar-refractivity contribution in [3.8, 4) is 22.6 Å². The molecule has 4 rings (SSSR count). The van der Waals surface area contributed by atoms with Gasteiger partial charge in [0.25, 0.3) is 0 Å². The highest BCUT2D eigenvalue weighted by atomic mass is 19.4. The van der Waals surface area contributed by atoms with Crippen molar-refractivity contribution in [2.75, 3.05) is 0 Å². The van der Waals surface area contributed by atoms with Crippen LogP contribution in [0.4, 0.5) is 13.2 Å².